The maximum absolute atomic E-state index is 13.6. The molecule has 0 aromatic heterocycles. The number of aliphatic hydroxyl groups excluding tert-OH is 3. The zero-order valence-corrected chi connectivity index (χ0v) is 22.8. The normalized spacial score (nSPS) is 28.7. The number of carbonyl (C=O) groups excluding carboxylic acids is 2. The number of rotatable bonds is 7. The Kier molecular flexibility index (Phi) is 7.51. The number of aromatic hydroxyl groups is 1. The van der Waals surface area contributed by atoms with Gasteiger partial charge in [0.1, 0.15) is 41.7 Å². The Morgan fingerprint density at radius 2 is 1.81 bits per heavy atom. The molecule has 1 fully saturated rings. The Morgan fingerprint density at radius 3 is 2.48 bits per heavy atom. The van der Waals surface area contributed by atoms with Crippen LogP contribution in [-0.2, 0) is 4.74 Å². The number of nitrogens with one attached hydrogen (secondary N) is 1. The third kappa shape index (κ3) is 4.69. The summed E-state index contributed by atoms with van der Waals surface area (Å²) in [4.78, 5) is 27.0. The van der Waals surface area contributed by atoms with Crippen molar-refractivity contribution in [1.29, 1.82) is 0 Å². The van der Waals surface area contributed by atoms with Crippen LogP contribution in [0.1, 0.15) is 50.2 Å². The molecule has 13 nitrogen and oxygen atoms in total. The maximum Gasteiger partial charge on any atom is 0.231 e. The highest BCUT2D eigenvalue weighted by molar-refractivity contribution is 6.30. The second-order valence-corrected chi connectivity index (χ2v) is 10.6. The van der Waals surface area contributed by atoms with Crippen LogP contribution < -0.4 is 20.5 Å². The predicted molar refractivity (Wildman–Crippen MR) is 145 cm³/mol. The van der Waals surface area contributed by atoms with Crippen LogP contribution in [0, 0.1) is 6.92 Å². The predicted octanol–water partition coefficient (Wildman–Crippen LogP) is -0.537. The average molecular weight is 585 g/mol. The number of phenolic OH excluding ortho intramolecular Hbond substituents is 1. The van der Waals surface area contributed by atoms with Crippen molar-refractivity contribution in [3.8, 4) is 17.2 Å². The first-order valence-electron chi connectivity index (χ1n) is 13.1. The first kappa shape index (κ1) is 29.5. The maximum atomic E-state index is 13.6. The Bertz CT molecular complexity index is 1520. The van der Waals surface area contributed by atoms with Gasteiger partial charge in [-0.05, 0) is 55.2 Å². The second kappa shape index (κ2) is 10.7. The number of allylic oxidation sites excluding steroid dienone is 2. The topological polar surface area (TPSA) is 221 Å². The van der Waals surface area contributed by atoms with Crippen LogP contribution in [0.25, 0.3) is 0 Å². The van der Waals surface area contributed by atoms with E-state index < -0.39 is 53.8 Å². The minimum Gasteiger partial charge on any atom is -0.507 e. The fourth-order valence-electron chi connectivity index (χ4n) is 5.55. The van der Waals surface area contributed by atoms with Crippen LogP contribution in [-0.4, -0.2) is 92.4 Å². The number of dihydropyridines is 1. The molecule has 5 rings (SSSR count). The van der Waals surface area contributed by atoms with Gasteiger partial charge in [0.05, 0.1) is 24.1 Å². The molecule has 2 aromatic carbocycles. The smallest absolute Gasteiger partial charge is 0.231 e. The number of fused-ring (bicyclic) bond motifs is 2. The molecule has 1 aliphatic carbocycles. The van der Waals surface area contributed by atoms with Crippen LogP contribution in [0.4, 0.5) is 0 Å². The highest BCUT2D eigenvalue weighted by Crippen LogP contribution is 2.44. The van der Waals surface area contributed by atoms with Crippen molar-refractivity contribution >= 4 is 11.6 Å². The number of carbonyl (C=O) groups is 2. The molecule has 2 heterocycles. The largest absolute Gasteiger partial charge is 0.507 e. The molecule has 0 amide bonds. The van der Waals surface area contributed by atoms with Crippen molar-refractivity contribution in [2.24, 2.45) is 5.73 Å². The first-order chi connectivity index (χ1) is 19.8. The van der Waals surface area contributed by atoms with Gasteiger partial charge in [-0.2, -0.15) is 0 Å². The monoisotopic (exact) mass is 584 g/mol. The first-order valence-corrected chi connectivity index (χ1v) is 13.1. The van der Waals surface area contributed by atoms with Gasteiger partial charge in [-0.25, -0.2) is 0 Å². The number of methoxy groups -OCH3 is 1. The quantitative estimate of drug-likeness (QED) is 0.175. The number of hydrogen-bond acceptors (Lipinski definition) is 13. The molecule has 0 saturated carbocycles. The van der Waals surface area contributed by atoms with E-state index in [1.54, 1.807) is 19.1 Å². The number of nitrogens with two attached hydrogens (primary N) is 1. The third-order valence-corrected chi connectivity index (χ3v) is 7.86. The molecule has 13 heteroatoms. The number of phenols is 1. The van der Waals surface area contributed by atoms with Crippen molar-refractivity contribution in [2.45, 2.75) is 49.7 Å². The SMILES string of the molecule is COc1cc(OC2OC(O)(CO)C(O)(CCC3=CCNC(N)=C3)C(O)C2O)c2c(c1)C(=O)c1cc(C)cc(O)c1C2=O. The molecule has 2 aliphatic heterocycles. The molecular weight excluding hydrogens is 552 g/mol. The standard InChI is InChI=1S/C29H32N2O11/c1-13-7-16-21(18(33)8-13)24(35)22-17(23(16)34)10-15(40-2)11-19(22)41-27-25(36)26(37)28(38,29(39,12-32)42-27)5-3-14-4-6-31-20(30)9-14/h4,7-11,25-27,31-33,36-39H,3,5-6,12,30H2,1-2H3. The van der Waals surface area contributed by atoms with Gasteiger partial charge in [-0.1, -0.05) is 6.08 Å². The summed E-state index contributed by atoms with van der Waals surface area (Å²) in [6.07, 6.45) is -2.96. The molecule has 42 heavy (non-hydrogen) atoms. The van der Waals surface area contributed by atoms with Crippen LogP contribution >= 0.6 is 0 Å². The van der Waals surface area contributed by atoms with Crippen molar-refractivity contribution in [2.75, 3.05) is 20.3 Å². The zero-order valence-electron chi connectivity index (χ0n) is 22.8. The number of ether oxygens (including phenoxy) is 3. The summed E-state index contributed by atoms with van der Waals surface area (Å²) >= 11 is 0. The summed E-state index contributed by atoms with van der Waals surface area (Å²) in [5, 5.41) is 68.1. The van der Waals surface area contributed by atoms with Crippen molar-refractivity contribution in [3.05, 3.63) is 75.6 Å². The van der Waals surface area contributed by atoms with Crippen molar-refractivity contribution in [3.63, 3.8) is 0 Å². The fraction of sp³-hybridized carbons (Fsp3) is 0.379. The van der Waals surface area contributed by atoms with Gasteiger partial charge >= 0.3 is 0 Å². The Balaban J connectivity index is 1.49. The summed E-state index contributed by atoms with van der Waals surface area (Å²) in [6.45, 7) is 0.866. The summed E-state index contributed by atoms with van der Waals surface area (Å²) in [7, 11) is 1.31. The highest BCUT2D eigenvalue weighted by atomic mass is 16.8. The van der Waals surface area contributed by atoms with E-state index in [1.165, 1.54) is 31.4 Å². The van der Waals surface area contributed by atoms with E-state index in [-0.39, 0.29) is 46.6 Å². The van der Waals surface area contributed by atoms with Gasteiger partial charge in [-0.15, -0.1) is 0 Å². The number of aryl methyl sites for hydroxylation is 1. The third-order valence-electron chi connectivity index (χ3n) is 7.86. The van der Waals surface area contributed by atoms with Crippen LogP contribution in [0.5, 0.6) is 17.2 Å². The fourth-order valence-corrected chi connectivity index (χ4v) is 5.55. The molecule has 5 unspecified atom stereocenters. The van der Waals surface area contributed by atoms with Gasteiger partial charge in [0.15, 0.2) is 5.78 Å². The Morgan fingerprint density at radius 1 is 1.10 bits per heavy atom. The van der Waals surface area contributed by atoms with E-state index in [1.807, 2.05) is 0 Å². The molecule has 0 spiro atoms. The zero-order chi connectivity index (χ0) is 30.6. The van der Waals surface area contributed by atoms with Crippen molar-refractivity contribution < 1.29 is 54.4 Å². The van der Waals surface area contributed by atoms with Gasteiger partial charge in [-0.3, -0.25) is 9.59 Å². The van der Waals surface area contributed by atoms with Crippen LogP contribution in [0.2, 0.25) is 0 Å². The number of aliphatic hydroxyl groups is 5. The summed E-state index contributed by atoms with van der Waals surface area (Å²) in [5.41, 5.74) is 3.76. The molecule has 1 saturated heterocycles. The lowest BCUT2D eigenvalue weighted by Gasteiger charge is -2.52. The van der Waals surface area contributed by atoms with E-state index in [4.69, 9.17) is 19.9 Å². The number of hydrogen-bond donors (Lipinski definition) is 8. The lowest BCUT2D eigenvalue weighted by Crippen LogP contribution is -2.74. The molecule has 2 aromatic rings. The van der Waals surface area contributed by atoms with E-state index in [0.717, 1.165) is 0 Å². The molecule has 0 bridgehead atoms. The van der Waals surface area contributed by atoms with Gasteiger partial charge < -0.3 is 55.9 Å². The van der Waals surface area contributed by atoms with Gasteiger partial charge in [0, 0.05) is 23.7 Å². The summed E-state index contributed by atoms with van der Waals surface area (Å²) < 4.78 is 16.5. The van der Waals surface area contributed by atoms with E-state index in [0.29, 0.717) is 23.5 Å². The summed E-state index contributed by atoms with van der Waals surface area (Å²) in [6, 6.07) is 5.34. The molecule has 224 valence electrons. The molecule has 3 aliphatic rings. The lowest BCUT2D eigenvalue weighted by molar-refractivity contribution is -0.419. The van der Waals surface area contributed by atoms with Crippen molar-refractivity contribution in [1.82, 2.24) is 5.32 Å². The average Bonchev–Trinajstić information content (AvgIpc) is 2.96. The second-order valence-electron chi connectivity index (χ2n) is 10.6. The van der Waals surface area contributed by atoms with Gasteiger partial charge in [0.25, 0.3) is 0 Å². The highest BCUT2D eigenvalue weighted by Gasteiger charge is 2.64. The molecular formula is C29H32N2O11. The lowest BCUT2D eigenvalue weighted by atomic mass is 9.77. The van der Waals surface area contributed by atoms with Crippen LogP contribution in [0.15, 0.2) is 47.8 Å². The summed E-state index contributed by atoms with van der Waals surface area (Å²) in [5.74, 6) is -4.48. The van der Waals surface area contributed by atoms with E-state index in [9.17, 15) is 40.2 Å². The molecule has 9 N–H and O–H groups in total. The van der Waals surface area contributed by atoms with Crippen LogP contribution in [0.3, 0.4) is 0 Å². The number of benzene rings is 2. The minimum atomic E-state index is -2.83. The Hall–Kier alpha value is -3.98. The van der Waals surface area contributed by atoms with E-state index in [2.05, 4.69) is 5.32 Å². The Labute approximate surface area is 240 Å². The van der Waals surface area contributed by atoms with E-state index >= 15 is 0 Å². The minimum absolute atomic E-state index is 0.0197. The number of ketones is 2. The van der Waals surface area contributed by atoms with Gasteiger partial charge in [0.2, 0.25) is 17.9 Å². The molecule has 5 atom stereocenters. The molecule has 0 radical (unpaired) electrons.